The van der Waals surface area contributed by atoms with Crippen molar-refractivity contribution in [2.45, 2.75) is 6.54 Å². The summed E-state index contributed by atoms with van der Waals surface area (Å²) in [4.78, 5) is 8.13. The van der Waals surface area contributed by atoms with Crippen LogP contribution in [-0.4, -0.2) is 17.1 Å². The zero-order valence-electron chi connectivity index (χ0n) is 10.4. The van der Waals surface area contributed by atoms with Crippen LogP contribution >= 0.6 is 15.9 Å². The molecule has 0 bridgehead atoms. The van der Waals surface area contributed by atoms with Crippen LogP contribution in [0.1, 0.15) is 5.56 Å². The SMILES string of the molecule is COc1cccc(CNc2ncnc(NN)c2Br)c1. The minimum Gasteiger partial charge on any atom is -0.497 e. The molecule has 1 aromatic carbocycles. The van der Waals surface area contributed by atoms with Crippen molar-refractivity contribution in [2.75, 3.05) is 17.9 Å². The minimum atomic E-state index is 0.531. The van der Waals surface area contributed by atoms with Gasteiger partial charge in [-0.3, -0.25) is 0 Å². The van der Waals surface area contributed by atoms with Crippen LogP contribution in [0.3, 0.4) is 0 Å². The molecule has 0 amide bonds. The summed E-state index contributed by atoms with van der Waals surface area (Å²) in [5.74, 6) is 7.38. The summed E-state index contributed by atoms with van der Waals surface area (Å²) in [6.45, 7) is 0.622. The van der Waals surface area contributed by atoms with Gasteiger partial charge in [0.05, 0.1) is 7.11 Å². The van der Waals surface area contributed by atoms with E-state index < -0.39 is 0 Å². The molecule has 0 spiro atoms. The fraction of sp³-hybridized carbons (Fsp3) is 0.167. The maximum atomic E-state index is 5.35. The zero-order valence-corrected chi connectivity index (χ0v) is 11.9. The summed E-state index contributed by atoms with van der Waals surface area (Å²) in [6.07, 6.45) is 1.44. The first-order chi connectivity index (χ1) is 9.24. The number of hydrogen-bond donors (Lipinski definition) is 3. The van der Waals surface area contributed by atoms with E-state index in [0.717, 1.165) is 11.3 Å². The van der Waals surface area contributed by atoms with Crippen molar-refractivity contribution in [1.82, 2.24) is 9.97 Å². The maximum Gasteiger partial charge on any atom is 0.159 e. The lowest BCUT2D eigenvalue weighted by atomic mass is 10.2. The lowest BCUT2D eigenvalue weighted by molar-refractivity contribution is 0.414. The highest BCUT2D eigenvalue weighted by atomic mass is 79.9. The van der Waals surface area contributed by atoms with Gasteiger partial charge in [-0.15, -0.1) is 0 Å². The standard InChI is InChI=1S/C12H14BrN5O/c1-19-9-4-2-3-8(5-9)6-15-11-10(13)12(18-14)17-7-16-11/h2-5,7H,6,14H2,1H3,(H2,15,16,17,18). The summed E-state index contributed by atoms with van der Waals surface area (Å²) >= 11 is 3.39. The van der Waals surface area contributed by atoms with Crippen molar-refractivity contribution >= 4 is 27.6 Å². The number of aromatic nitrogens is 2. The van der Waals surface area contributed by atoms with E-state index in [1.165, 1.54) is 6.33 Å². The topological polar surface area (TPSA) is 85.1 Å². The third-order valence-electron chi connectivity index (χ3n) is 2.52. The molecular weight excluding hydrogens is 310 g/mol. The van der Waals surface area contributed by atoms with E-state index in [0.29, 0.717) is 22.7 Å². The molecule has 0 aliphatic rings. The van der Waals surface area contributed by atoms with Crippen molar-refractivity contribution in [1.29, 1.82) is 0 Å². The van der Waals surface area contributed by atoms with Gasteiger partial charge < -0.3 is 15.5 Å². The molecule has 6 nitrogen and oxygen atoms in total. The second kappa shape index (κ2) is 6.35. The zero-order chi connectivity index (χ0) is 13.7. The number of nitrogen functional groups attached to an aromatic ring is 1. The first kappa shape index (κ1) is 13.6. The molecule has 0 unspecified atom stereocenters. The van der Waals surface area contributed by atoms with E-state index in [1.54, 1.807) is 7.11 Å². The van der Waals surface area contributed by atoms with Gasteiger partial charge in [-0.05, 0) is 33.6 Å². The smallest absolute Gasteiger partial charge is 0.159 e. The Bertz CT molecular complexity index is 564. The quantitative estimate of drug-likeness (QED) is 0.577. The molecule has 0 saturated heterocycles. The summed E-state index contributed by atoms with van der Waals surface area (Å²) in [5, 5.41) is 3.21. The monoisotopic (exact) mass is 323 g/mol. The van der Waals surface area contributed by atoms with E-state index in [9.17, 15) is 0 Å². The lowest BCUT2D eigenvalue weighted by Gasteiger charge is -2.10. The number of methoxy groups -OCH3 is 1. The average Bonchev–Trinajstić information content (AvgIpc) is 2.46. The number of anilines is 2. The third-order valence-corrected chi connectivity index (χ3v) is 3.27. The first-order valence-corrected chi connectivity index (χ1v) is 6.38. The van der Waals surface area contributed by atoms with Crippen molar-refractivity contribution in [3.8, 4) is 5.75 Å². The number of nitrogens with two attached hydrogens (primary N) is 1. The lowest BCUT2D eigenvalue weighted by Crippen LogP contribution is -2.11. The van der Waals surface area contributed by atoms with Crippen LogP contribution in [0.5, 0.6) is 5.75 Å². The van der Waals surface area contributed by atoms with Gasteiger partial charge in [0.25, 0.3) is 0 Å². The number of halogens is 1. The van der Waals surface area contributed by atoms with Crippen LogP contribution in [0.15, 0.2) is 35.1 Å². The normalized spacial score (nSPS) is 10.1. The van der Waals surface area contributed by atoms with Crippen molar-refractivity contribution in [3.63, 3.8) is 0 Å². The Labute approximate surface area is 119 Å². The Morgan fingerprint density at radius 1 is 1.32 bits per heavy atom. The van der Waals surface area contributed by atoms with Gasteiger partial charge in [0.2, 0.25) is 0 Å². The van der Waals surface area contributed by atoms with Crippen LogP contribution in [0.2, 0.25) is 0 Å². The molecule has 19 heavy (non-hydrogen) atoms. The Hall–Kier alpha value is -1.86. The number of benzene rings is 1. The number of ether oxygens (including phenoxy) is 1. The van der Waals surface area contributed by atoms with Crippen molar-refractivity contribution in [3.05, 3.63) is 40.6 Å². The summed E-state index contributed by atoms with van der Waals surface area (Å²) in [6, 6.07) is 7.81. The summed E-state index contributed by atoms with van der Waals surface area (Å²) in [5.41, 5.74) is 3.58. The third kappa shape index (κ3) is 3.33. The van der Waals surface area contributed by atoms with E-state index in [4.69, 9.17) is 10.6 Å². The van der Waals surface area contributed by atoms with Crippen LogP contribution in [0.25, 0.3) is 0 Å². The number of nitrogens with one attached hydrogen (secondary N) is 2. The summed E-state index contributed by atoms with van der Waals surface area (Å²) < 4.78 is 5.87. The Morgan fingerprint density at radius 2 is 2.11 bits per heavy atom. The number of nitrogens with zero attached hydrogens (tertiary/aromatic N) is 2. The largest absolute Gasteiger partial charge is 0.497 e. The van der Waals surface area contributed by atoms with Gasteiger partial charge >= 0.3 is 0 Å². The highest BCUT2D eigenvalue weighted by Gasteiger charge is 2.07. The fourth-order valence-electron chi connectivity index (χ4n) is 1.56. The van der Waals surface area contributed by atoms with Crippen LogP contribution in [0.4, 0.5) is 11.6 Å². The molecule has 0 saturated carbocycles. The Balaban J connectivity index is 2.10. The van der Waals surface area contributed by atoms with Crippen LogP contribution < -0.4 is 21.3 Å². The molecule has 4 N–H and O–H groups in total. The number of rotatable bonds is 5. The maximum absolute atomic E-state index is 5.35. The number of hydrazine groups is 1. The highest BCUT2D eigenvalue weighted by Crippen LogP contribution is 2.26. The molecule has 7 heteroatoms. The van der Waals surface area contributed by atoms with Gasteiger partial charge in [-0.1, -0.05) is 12.1 Å². The minimum absolute atomic E-state index is 0.531. The molecule has 100 valence electrons. The Kier molecular flexibility index (Phi) is 4.53. The van der Waals surface area contributed by atoms with E-state index in [2.05, 4.69) is 36.6 Å². The highest BCUT2D eigenvalue weighted by molar-refractivity contribution is 9.10. The van der Waals surface area contributed by atoms with Crippen LogP contribution in [0, 0.1) is 0 Å². The molecule has 0 atom stereocenters. The molecule has 2 rings (SSSR count). The predicted molar refractivity (Wildman–Crippen MR) is 77.9 cm³/mol. The summed E-state index contributed by atoms with van der Waals surface area (Å²) in [7, 11) is 1.65. The van der Waals surface area contributed by atoms with Gasteiger partial charge in [0, 0.05) is 6.54 Å². The van der Waals surface area contributed by atoms with Gasteiger partial charge in [-0.25, -0.2) is 15.8 Å². The molecule has 1 aromatic heterocycles. The second-order valence-electron chi connectivity index (χ2n) is 3.73. The number of hydrogen-bond acceptors (Lipinski definition) is 6. The molecule has 0 fully saturated rings. The van der Waals surface area contributed by atoms with Crippen molar-refractivity contribution < 1.29 is 4.74 Å². The average molecular weight is 324 g/mol. The van der Waals surface area contributed by atoms with E-state index in [1.807, 2.05) is 24.3 Å². The fourth-order valence-corrected chi connectivity index (χ4v) is 2.02. The van der Waals surface area contributed by atoms with Gasteiger partial charge in [0.1, 0.15) is 22.4 Å². The first-order valence-electron chi connectivity index (χ1n) is 5.58. The van der Waals surface area contributed by atoms with Gasteiger partial charge in [0.15, 0.2) is 5.82 Å². The van der Waals surface area contributed by atoms with E-state index in [-0.39, 0.29) is 0 Å². The molecule has 0 radical (unpaired) electrons. The molecule has 1 heterocycles. The molecular formula is C12H14BrN5O. The molecule has 2 aromatic rings. The predicted octanol–water partition coefficient (Wildman–Crippen LogP) is 2.15. The van der Waals surface area contributed by atoms with Crippen LogP contribution in [-0.2, 0) is 6.54 Å². The van der Waals surface area contributed by atoms with Gasteiger partial charge in [-0.2, -0.15) is 0 Å². The van der Waals surface area contributed by atoms with Crippen molar-refractivity contribution in [2.24, 2.45) is 5.84 Å². The second-order valence-corrected chi connectivity index (χ2v) is 4.53. The van der Waals surface area contributed by atoms with E-state index >= 15 is 0 Å². The Morgan fingerprint density at radius 3 is 2.84 bits per heavy atom. The molecule has 0 aliphatic carbocycles. The molecule has 0 aliphatic heterocycles.